The lowest BCUT2D eigenvalue weighted by atomic mass is 9.69. The van der Waals surface area contributed by atoms with Crippen molar-refractivity contribution in [2.75, 3.05) is 19.7 Å². The van der Waals surface area contributed by atoms with Crippen molar-refractivity contribution in [3.8, 4) is 5.75 Å². The van der Waals surface area contributed by atoms with Crippen LogP contribution in [-0.4, -0.2) is 36.3 Å². The van der Waals surface area contributed by atoms with E-state index in [-0.39, 0.29) is 6.09 Å². The van der Waals surface area contributed by atoms with Gasteiger partial charge in [0.05, 0.1) is 6.61 Å². The van der Waals surface area contributed by atoms with Gasteiger partial charge in [-0.2, -0.15) is 0 Å². The Bertz CT molecular complexity index is 1210. The highest BCUT2D eigenvalue weighted by atomic mass is 16.6. The van der Waals surface area contributed by atoms with Crippen LogP contribution >= 0.6 is 0 Å². The molecule has 194 valence electrons. The molecule has 3 aromatic rings. The van der Waals surface area contributed by atoms with Crippen LogP contribution in [0.5, 0.6) is 5.75 Å². The molecule has 1 heterocycles. The molecular formula is C33H39NO3. The number of nitrogens with zero attached hydrogens (tertiary/aromatic N) is 1. The fourth-order valence-electron chi connectivity index (χ4n) is 5.76. The standard InChI is InChI=1S/C33H39NO3/c1-23-10-16-30-27(20-23)13-17-29(25-8-6-5-7-9-25)31(30)26-11-14-28(15-12-26)36-19-18-24-21-34(22-24)32(35)37-33(2,3)4/h5-12,14-16,20,24,29,31H,13,17-19,21-22H2,1-4H3/t29-,31+/m1/s1. The SMILES string of the molecule is Cc1ccc2c(c1)CC[C@H](c1ccccc1)[C@@H]2c1ccc(OCCC2CN(C(=O)OC(C)(C)C)C2)cc1. The zero-order valence-corrected chi connectivity index (χ0v) is 22.6. The average molecular weight is 498 g/mol. The monoisotopic (exact) mass is 497 g/mol. The second-order valence-corrected chi connectivity index (χ2v) is 11.7. The molecule has 5 rings (SSSR count). The van der Waals surface area contributed by atoms with Crippen molar-refractivity contribution in [2.45, 2.75) is 64.4 Å². The second kappa shape index (κ2) is 10.6. The maximum absolute atomic E-state index is 12.1. The van der Waals surface area contributed by atoms with Crippen LogP contribution in [-0.2, 0) is 11.2 Å². The fourth-order valence-corrected chi connectivity index (χ4v) is 5.76. The van der Waals surface area contributed by atoms with E-state index >= 15 is 0 Å². The Morgan fingerprint density at radius 2 is 1.68 bits per heavy atom. The van der Waals surface area contributed by atoms with Gasteiger partial charge in [0.25, 0.3) is 0 Å². The summed E-state index contributed by atoms with van der Waals surface area (Å²) in [5.41, 5.74) is 6.59. The number of likely N-dealkylation sites (tertiary alicyclic amines) is 1. The summed E-state index contributed by atoms with van der Waals surface area (Å²) in [6.07, 6.45) is 3.01. The van der Waals surface area contributed by atoms with Crippen LogP contribution in [0.4, 0.5) is 4.79 Å². The number of rotatable bonds is 6. The van der Waals surface area contributed by atoms with Crippen LogP contribution in [0.3, 0.4) is 0 Å². The van der Waals surface area contributed by atoms with Gasteiger partial charge in [-0.3, -0.25) is 0 Å². The van der Waals surface area contributed by atoms with Crippen LogP contribution in [0.15, 0.2) is 72.8 Å². The Hall–Kier alpha value is -3.27. The van der Waals surface area contributed by atoms with E-state index in [1.807, 2.05) is 20.8 Å². The lowest BCUT2D eigenvalue weighted by Crippen LogP contribution is -2.51. The minimum absolute atomic E-state index is 0.214. The molecule has 1 aliphatic carbocycles. The number of carbonyl (C=O) groups is 1. The minimum atomic E-state index is -0.447. The molecule has 1 saturated heterocycles. The molecule has 1 aliphatic heterocycles. The average Bonchev–Trinajstić information content (AvgIpc) is 2.84. The zero-order chi connectivity index (χ0) is 26.0. The van der Waals surface area contributed by atoms with Crippen molar-refractivity contribution in [3.05, 3.63) is 101 Å². The summed E-state index contributed by atoms with van der Waals surface area (Å²) in [6, 6.07) is 26.7. The third-order valence-electron chi connectivity index (χ3n) is 7.63. The Morgan fingerprint density at radius 3 is 2.38 bits per heavy atom. The first-order chi connectivity index (χ1) is 17.8. The Kier molecular flexibility index (Phi) is 7.28. The van der Waals surface area contributed by atoms with Crippen molar-refractivity contribution >= 4 is 6.09 Å². The molecule has 0 aromatic heterocycles. The molecule has 4 heteroatoms. The molecule has 3 aromatic carbocycles. The lowest BCUT2D eigenvalue weighted by Gasteiger charge is -2.39. The van der Waals surface area contributed by atoms with Gasteiger partial charge in [-0.25, -0.2) is 4.79 Å². The van der Waals surface area contributed by atoms with Crippen LogP contribution in [0, 0.1) is 12.8 Å². The van der Waals surface area contributed by atoms with E-state index in [4.69, 9.17) is 9.47 Å². The molecule has 0 N–H and O–H groups in total. The maximum atomic E-state index is 12.1. The van der Waals surface area contributed by atoms with Gasteiger partial charge in [-0.15, -0.1) is 0 Å². The third-order valence-corrected chi connectivity index (χ3v) is 7.63. The number of amides is 1. The number of ether oxygens (including phenoxy) is 2. The predicted octanol–water partition coefficient (Wildman–Crippen LogP) is 7.49. The number of hydrogen-bond acceptors (Lipinski definition) is 3. The molecule has 2 aliphatic rings. The van der Waals surface area contributed by atoms with E-state index in [2.05, 4.69) is 79.7 Å². The van der Waals surface area contributed by atoms with Gasteiger partial charge in [0.1, 0.15) is 11.4 Å². The van der Waals surface area contributed by atoms with E-state index < -0.39 is 5.60 Å². The molecule has 2 atom stereocenters. The Balaban J connectivity index is 1.21. The highest BCUT2D eigenvalue weighted by Gasteiger charge is 2.34. The Morgan fingerprint density at radius 1 is 0.946 bits per heavy atom. The predicted molar refractivity (Wildman–Crippen MR) is 148 cm³/mol. The summed E-state index contributed by atoms with van der Waals surface area (Å²) in [6.45, 7) is 10.0. The molecule has 1 amide bonds. The van der Waals surface area contributed by atoms with Gasteiger partial charge in [0.15, 0.2) is 0 Å². The number of benzene rings is 3. The van der Waals surface area contributed by atoms with E-state index in [9.17, 15) is 4.79 Å². The normalized spacial score (nSPS) is 19.6. The van der Waals surface area contributed by atoms with Crippen molar-refractivity contribution in [3.63, 3.8) is 0 Å². The van der Waals surface area contributed by atoms with E-state index in [1.54, 1.807) is 4.90 Å². The largest absolute Gasteiger partial charge is 0.494 e. The first-order valence-electron chi connectivity index (χ1n) is 13.6. The molecular weight excluding hydrogens is 458 g/mol. The molecule has 0 unspecified atom stereocenters. The van der Waals surface area contributed by atoms with E-state index in [0.717, 1.165) is 38.1 Å². The molecule has 0 bridgehead atoms. The van der Waals surface area contributed by atoms with Crippen molar-refractivity contribution in [1.82, 2.24) is 4.90 Å². The van der Waals surface area contributed by atoms with Gasteiger partial charge in [-0.1, -0.05) is 66.2 Å². The van der Waals surface area contributed by atoms with Gasteiger partial charge < -0.3 is 14.4 Å². The third kappa shape index (κ3) is 6.01. The highest BCUT2D eigenvalue weighted by molar-refractivity contribution is 5.69. The highest BCUT2D eigenvalue weighted by Crippen LogP contribution is 2.46. The van der Waals surface area contributed by atoms with Crippen LogP contribution in [0.25, 0.3) is 0 Å². The van der Waals surface area contributed by atoms with Gasteiger partial charge in [-0.05, 0) is 93.2 Å². The molecule has 37 heavy (non-hydrogen) atoms. The van der Waals surface area contributed by atoms with Gasteiger partial charge in [0.2, 0.25) is 0 Å². The Labute approximate surface area is 221 Å². The number of fused-ring (bicyclic) bond motifs is 1. The first kappa shape index (κ1) is 25.4. The maximum Gasteiger partial charge on any atom is 0.410 e. The fraction of sp³-hybridized carbons (Fsp3) is 0.424. The summed E-state index contributed by atoms with van der Waals surface area (Å²) in [5, 5.41) is 0. The quantitative estimate of drug-likeness (QED) is 0.354. The number of carbonyl (C=O) groups excluding carboxylic acids is 1. The molecule has 0 saturated carbocycles. The summed E-state index contributed by atoms with van der Waals surface area (Å²) >= 11 is 0. The van der Waals surface area contributed by atoms with Crippen LogP contribution in [0.1, 0.15) is 73.3 Å². The van der Waals surface area contributed by atoms with Crippen molar-refractivity contribution in [1.29, 1.82) is 0 Å². The van der Waals surface area contributed by atoms with Crippen molar-refractivity contribution in [2.24, 2.45) is 5.92 Å². The molecule has 4 nitrogen and oxygen atoms in total. The summed E-state index contributed by atoms with van der Waals surface area (Å²) < 4.78 is 11.5. The zero-order valence-electron chi connectivity index (χ0n) is 22.6. The summed E-state index contributed by atoms with van der Waals surface area (Å²) in [4.78, 5) is 13.9. The number of hydrogen-bond donors (Lipinski definition) is 0. The minimum Gasteiger partial charge on any atom is -0.494 e. The molecule has 0 radical (unpaired) electrons. The second-order valence-electron chi connectivity index (χ2n) is 11.7. The van der Waals surface area contributed by atoms with E-state index in [1.165, 1.54) is 27.8 Å². The lowest BCUT2D eigenvalue weighted by molar-refractivity contribution is -0.00383. The van der Waals surface area contributed by atoms with Crippen molar-refractivity contribution < 1.29 is 14.3 Å². The number of aryl methyl sites for hydroxylation is 2. The van der Waals surface area contributed by atoms with Crippen LogP contribution in [0.2, 0.25) is 0 Å². The van der Waals surface area contributed by atoms with E-state index in [0.29, 0.717) is 24.4 Å². The smallest absolute Gasteiger partial charge is 0.410 e. The molecule has 1 fully saturated rings. The van der Waals surface area contributed by atoms with Crippen LogP contribution < -0.4 is 4.74 Å². The first-order valence-corrected chi connectivity index (χ1v) is 13.6. The molecule has 0 spiro atoms. The van der Waals surface area contributed by atoms with Gasteiger partial charge >= 0.3 is 6.09 Å². The summed E-state index contributed by atoms with van der Waals surface area (Å²) in [5.74, 6) is 2.19. The van der Waals surface area contributed by atoms with Gasteiger partial charge in [0, 0.05) is 19.0 Å². The topological polar surface area (TPSA) is 38.8 Å². The summed E-state index contributed by atoms with van der Waals surface area (Å²) in [7, 11) is 0.